The number of aryl methyl sites for hydroxylation is 1. The molecule has 0 spiro atoms. The van der Waals surface area contributed by atoms with Gasteiger partial charge in [0.25, 0.3) is 5.91 Å². The largest absolute Gasteiger partial charge is 0.462 e. The van der Waals surface area contributed by atoms with Crippen molar-refractivity contribution < 1.29 is 14.3 Å². The molecule has 8 heteroatoms. The fraction of sp³-hybridized carbons (Fsp3) is 0.444. The smallest absolute Gasteiger partial charge is 0.350 e. The number of rotatable bonds is 8. The van der Waals surface area contributed by atoms with Gasteiger partial charge in [0.15, 0.2) is 5.13 Å². The van der Waals surface area contributed by atoms with Crippen LogP contribution in [0, 0.1) is 6.92 Å². The average molecular weight is 396 g/mol. The van der Waals surface area contributed by atoms with Crippen LogP contribution in [0.3, 0.4) is 0 Å². The summed E-state index contributed by atoms with van der Waals surface area (Å²) in [4.78, 5) is 35.4. The number of ether oxygens (including phenoxy) is 1. The monoisotopic (exact) mass is 395 g/mol. The molecule has 2 aromatic heterocycles. The van der Waals surface area contributed by atoms with E-state index in [-0.39, 0.29) is 11.1 Å². The maximum absolute atomic E-state index is 13.0. The number of pyridine rings is 1. The summed E-state index contributed by atoms with van der Waals surface area (Å²) in [5.41, 5.74) is 0.997. The quantitative estimate of drug-likeness (QED) is 0.373. The number of thiazole rings is 1. The molecule has 2 rings (SSSR count). The molecule has 1 amide bonds. The molecule has 0 radical (unpaired) electrons. The van der Waals surface area contributed by atoms with Crippen molar-refractivity contribution in [2.45, 2.75) is 40.0 Å². The minimum absolute atomic E-state index is 0.213. The summed E-state index contributed by atoms with van der Waals surface area (Å²) < 4.78 is 5.06. The molecule has 6 nitrogen and oxygen atoms in total. The molecule has 26 heavy (non-hydrogen) atoms. The van der Waals surface area contributed by atoms with Crippen molar-refractivity contribution >= 4 is 39.9 Å². The Morgan fingerprint density at radius 2 is 2.08 bits per heavy atom. The van der Waals surface area contributed by atoms with Gasteiger partial charge in [-0.15, -0.1) is 0 Å². The number of esters is 1. The van der Waals surface area contributed by atoms with Crippen molar-refractivity contribution in [2.75, 3.05) is 18.1 Å². The van der Waals surface area contributed by atoms with Crippen LogP contribution in [0.2, 0.25) is 5.15 Å². The molecule has 0 bridgehead atoms. The van der Waals surface area contributed by atoms with Crippen LogP contribution in [-0.4, -0.2) is 35.0 Å². The lowest BCUT2D eigenvalue weighted by atomic mass is 10.2. The van der Waals surface area contributed by atoms with Gasteiger partial charge >= 0.3 is 5.97 Å². The maximum atomic E-state index is 13.0. The summed E-state index contributed by atoms with van der Waals surface area (Å²) >= 11 is 7.09. The number of nitrogens with zero attached hydrogens (tertiary/aromatic N) is 3. The molecule has 0 aliphatic heterocycles. The van der Waals surface area contributed by atoms with E-state index in [1.54, 1.807) is 24.8 Å². The van der Waals surface area contributed by atoms with Crippen LogP contribution < -0.4 is 4.90 Å². The normalized spacial score (nSPS) is 10.6. The summed E-state index contributed by atoms with van der Waals surface area (Å²) in [5, 5.41) is 0.742. The van der Waals surface area contributed by atoms with Crippen molar-refractivity contribution in [1.29, 1.82) is 0 Å². The molecule has 0 aliphatic carbocycles. The fourth-order valence-corrected chi connectivity index (χ4v) is 3.54. The number of hydrogen-bond acceptors (Lipinski definition) is 6. The molecule has 140 valence electrons. The second-order valence-corrected chi connectivity index (χ2v) is 7.03. The highest BCUT2D eigenvalue weighted by atomic mass is 35.5. The van der Waals surface area contributed by atoms with Crippen LogP contribution in [0.15, 0.2) is 18.3 Å². The Labute approximate surface area is 162 Å². The summed E-state index contributed by atoms with van der Waals surface area (Å²) in [6.45, 7) is 6.40. The first-order valence-corrected chi connectivity index (χ1v) is 9.75. The number of anilines is 1. The van der Waals surface area contributed by atoms with E-state index in [9.17, 15) is 9.59 Å². The molecular formula is C18H22ClN3O3S. The third-order valence-corrected chi connectivity index (χ3v) is 5.05. The van der Waals surface area contributed by atoms with Crippen molar-refractivity contribution in [1.82, 2.24) is 9.97 Å². The SMILES string of the molecule is CCCCCN(C(=O)c1ccnc(Cl)c1)c1nc(C)c(C(=O)OCC)s1. The molecule has 0 atom stereocenters. The number of amides is 1. The van der Waals surface area contributed by atoms with Crippen molar-refractivity contribution in [3.8, 4) is 0 Å². The van der Waals surface area contributed by atoms with E-state index in [2.05, 4.69) is 16.9 Å². The fourth-order valence-electron chi connectivity index (χ4n) is 2.38. The van der Waals surface area contributed by atoms with Gasteiger partial charge in [-0.2, -0.15) is 0 Å². The standard InChI is InChI=1S/C18H22ClN3O3S/c1-4-6-7-10-22(16(23)13-8-9-20-14(19)11-13)18-21-12(3)15(26-18)17(24)25-5-2/h8-9,11H,4-7,10H2,1-3H3. The minimum Gasteiger partial charge on any atom is -0.462 e. The van der Waals surface area contributed by atoms with E-state index in [4.69, 9.17) is 16.3 Å². The summed E-state index contributed by atoms with van der Waals surface area (Å²) in [7, 11) is 0. The molecule has 0 unspecified atom stereocenters. The second kappa shape index (κ2) is 9.64. The summed E-state index contributed by atoms with van der Waals surface area (Å²) in [5.74, 6) is -0.628. The molecule has 2 heterocycles. The number of aromatic nitrogens is 2. The Hall–Kier alpha value is -1.99. The number of carbonyl (C=O) groups excluding carboxylic acids is 2. The van der Waals surface area contributed by atoms with E-state index in [1.807, 2.05) is 0 Å². The van der Waals surface area contributed by atoms with Gasteiger partial charge in [0, 0.05) is 18.3 Å². The van der Waals surface area contributed by atoms with E-state index in [1.165, 1.54) is 23.6 Å². The Morgan fingerprint density at radius 3 is 2.73 bits per heavy atom. The van der Waals surface area contributed by atoms with Gasteiger partial charge in [-0.25, -0.2) is 14.8 Å². The lowest BCUT2D eigenvalue weighted by Crippen LogP contribution is -2.32. The third kappa shape index (κ3) is 5.02. The highest BCUT2D eigenvalue weighted by Gasteiger charge is 2.24. The van der Waals surface area contributed by atoms with Gasteiger partial charge in [0.2, 0.25) is 0 Å². The van der Waals surface area contributed by atoms with Crippen LogP contribution in [0.5, 0.6) is 0 Å². The van der Waals surface area contributed by atoms with Gasteiger partial charge in [-0.3, -0.25) is 9.69 Å². The molecule has 0 N–H and O–H groups in total. The zero-order chi connectivity index (χ0) is 19.1. The van der Waals surface area contributed by atoms with Crippen LogP contribution >= 0.6 is 22.9 Å². The summed E-state index contributed by atoms with van der Waals surface area (Å²) in [6.07, 6.45) is 4.37. The van der Waals surface area contributed by atoms with Crippen molar-refractivity contribution in [3.63, 3.8) is 0 Å². The van der Waals surface area contributed by atoms with Gasteiger partial charge in [-0.1, -0.05) is 42.7 Å². The molecular weight excluding hydrogens is 374 g/mol. The number of halogens is 1. The van der Waals surface area contributed by atoms with Crippen molar-refractivity contribution in [3.05, 3.63) is 39.6 Å². The lowest BCUT2D eigenvalue weighted by Gasteiger charge is -2.20. The number of carbonyl (C=O) groups is 2. The van der Waals surface area contributed by atoms with E-state index < -0.39 is 5.97 Å². The van der Waals surface area contributed by atoms with Crippen molar-refractivity contribution in [2.24, 2.45) is 0 Å². The molecule has 0 saturated heterocycles. The topological polar surface area (TPSA) is 72.4 Å². The number of unbranched alkanes of at least 4 members (excludes halogenated alkanes) is 2. The highest BCUT2D eigenvalue weighted by Crippen LogP contribution is 2.28. The predicted molar refractivity (Wildman–Crippen MR) is 103 cm³/mol. The average Bonchev–Trinajstić information content (AvgIpc) is 3.00. The van der Waals surface area contributed by atoms with E-state index >= 15 is 0 Å². The second-order valence-electron chi connectivity index (χ2n) is 5.66. The first kappa shape index (κ1) is 20.3. The Balaban J connectivity index is 2.34. The zero-order valence-electron chi connectivity index (χ0n) is 15.1. The van der Waals surface area contributed by atoms with Crippen LogP contribution in [0.25, 0.3) is 0 Å². The molecule has 0 aliphatic rings. The van der Waals surface area contributed by atoms with Gasteiger partial charge in [-0.05, 0) is 32.4 Å². The zero-order valence-corrected chi connectivity index (χ0v) is 16.7. The summed E-state index contributed by atoms with van der Waals surface area (Å²) in [6, 6.07) is 3.15. The molecule has 2 aromatic rings. The Morgan fingerprint density at radius 1 is 1.31 bits per heavy atom. The Bertz CT molecular complexity index is 779. The molecule has 0 saturated carbocycles. The van der Waals surface area contributed by atoms with Crippen LogP contribution in [-0.2, 0) is 4.74 Å². The van der Waals surface area contributed by atoms with E-state index in [0.29, 0.717) is 34.4 Å². The third-order valence-electron chi connectivity index (χ3n) is 3.68. The van der Waals surface area contributed by atoms with Crippen LogP contribution in [0.4, 0.5) is 5.13 Å². The van der Waals surface area contributed by atoms with Crippen LogP contribution in [0.1, 0.15) is 58.8 Å². The number of hydrogen-bond donors (Lipinski definition) is 0. The lowest BCUT2D eigenvalue weighted by molar-refractivity contribution is 0.0531. The van der Waals surface area contributed by atoms with Gasteiger partial charge < -0.3 is 4.74 Å². The first-order valence-electron chi connectivity index (χ1n) is 8.55. The molecule has 0 fully saturated rings. The first-order chi connectivity index (χ1) is 12.5. The van der Waals surface area contributed by atoms with Gasteiger partial charge in [0.1, 0.15) is 10.0 Å². The molecule has 0 aromatic carbocycles. The minimum atomic E-state index is -0.415. The Kier molecular flexibility index (Phi) is 7.53. The van der Waals surface area contributed by atoms with E-state index in [0.717, 1.165) is 19.3 Å². The highest BCUT2D eigenvalue weighted by molar-refractivity contribution is 7.17. The van der Waals surface area contributed by atoms with Gasteiger partial charge in [0.05, 0.1) is 12.3 Å². The maximum Gasteiger partial charge on any atom is 0.350 e. The predicted octanol–water partition coefficient (Wildman–Crippen LogP) is 4.51.